The fourth-order valence-electron chi connectivity index (χ4n) is 1.65. The molecule has 1 aromatic rings. The van der Waals surface area contributed by atoms with Crippen molar-refractivity contribution in [3.05, 3.63) is 29.8 Å². The molecule has 0 heterocycles. The van der Waals surface area contributed by atoms with E-state index in [-0.39, 0.29) is 30.7 Å². The van der Waals surface area contributed by atoms with E-state index in [1.165, 1.54) is 0 Å². The number of rotatable bonds is 9. The lowest BCUT2D eigenvalue weighted by atomic mass is 10.2. The highest BCUT2D eigenvalue weighted by Crippen LogP contribution is 2.17. The number of nitrogens with zero attached hydrogens (tertiary/aromatic N) is 1. The minimum atomic E-state index is -0.0941. The number of likely N-dealkylation sites (N-methyl/N-ethyl adjacent to an activating group) is 2. The average Bonchev–Trinajstić information content (AvgIpc) is 2.43. The van der Waals surface area contributed by atoms with E-state index in [1.807, 2.05) is 44.1 Å². The molecule has 0 bridgehead atoms. The Balaban J connectivity index is 0. The highest BCUT2D eigenvalue weighted by Gasteiger charge is 2.11. The van der Waals surface area contributed by atoms with Crippen molar-refractivity contribution in [1.82, 2.24) is 15.5 Å². The molecule has 2 N–H and O–H groups in total. The van der Waals surface area contributed by atoms with Crippen molar-refractivity contribution >= 4 is 30.7 Å². The Hall–Kier alpha value is -1.01. The summed E-state index contributed by atoms with van der Waals surface area (Å²) in [4.78, 5) is 14.1. The van der Waals surface area contributed by atoms with Gasteiger partial charge in [-0.15, -0.1) is 24.8 Å². The van der Waals surface area contributed by atoms with Gasteiger partial charge in [-0.1, -0.05) is 19.1 Å². The van der Waals surface area contributed by atoms with E-state index in [0.29, 0.717) is 24.5 Å². The lowest BCUT2D eigenvalue weighted by Gasteiger charge is -2.14. The van der Waals surface area contributed by atoms with Crippen LogP contribution in [-0.4, -0.2) is 57.7 Å². The van der Waals surface area contributed by atoms with Crippen LogP contribution in [0.2, 0.25) is 0 Å². The first-order valence-corrected chi connectivity index (χ1v) is 7.00. The van der Waals surface area contributed by atoms with E-state index in [1.54, 1.807) is 6.07 Å². The van der Waals surface area contributed by atoms with E-state index in [4.69, 9.17) is 4.74 Å². The monoisotopic (exact) mass is 351 g/mol. The van der Waals surface area contributed by atoms with Gasteiger partial charge in [0.1, 0.15) is 12.4 Å². The van der Waals surface area contributed by atoms with Gasteiger partial charge < -0.3 is 20.3 Å². The number of amides is 1. The Morgan fingerprint density at radius 2 is 1.86 bits per heavy atom. The molecular weight excluding hydrogens is 325 g/mol. The molecule has 0 aliphatic heterocycles. The van der Waals surface area contributed by atoms with Gasteiger partial charge in [0.25, 0.3) is 5.91 Å². The third-order valence-electron chi connectivity index (χ3n) is 2.77. The third kappa shape index (κ3) is 9.10. The van der Waals surface area contributed by atoms with Crippen molar-refractivity contribution in [1.29, 1.82) is 0 Å². The number of nitrogens with one attached hydrogen (secondary N) is 2. The van der Waals surface area contributed by atoms with Crippen LogP contribution < -0.4 is 15.4 Å². The van der Waals surface area contributed by atoms with Crippen molar-refractivity contribution in [3.63, 3.8) is 0 Å². The Labute approximate surface area is 145 Å². The Bertz CT molecular complexity index is 418. The second-order valence-electron chi connectivity index (χ2n) is 4.76. The first-order chi connectivity index (χ1) is 9.65. The largest absolute Gasteiger partial charge is 0.491 e. The summed E-state index contributed by atoms with van der Waals surface area (Å²) < 4.78 is 5.68. The molecule has 22 heavy (non-hydrogen) atoms. The van der Waals surface area contributed by atoms with E-state index >= 15 is 0 Å². The summed E-state index contributed by atoms with van der Waals surface area (Å²) >= 11 is 0. The molecule has 0 atom stereocenters. The number of halogens is 2. The lowest BCUT2D eigenvalue weighted by molar-refractivity contribution is 0.0949. The number of hydrogen-bond donors (Lipinski definition) is 2. The Kier molecular flexibility index (Phi) is 14.4. The highest BCUT2D eigenvalue weighted by molar-refractivity contribution is 5.96. The number of hydrogen-bond acceptors (Lipinski definition) is 4. The maximum Gasteiger partial charge on any atom is 0.255 e. The molecule has 0 radical (unpaired) electrons. The fourth-order valence-corrected chi connectivity index (χ4v) is 1.65. The molecule has 5 nitrogen and oxygen atoms in total. The van der Waals surface area contributed by atoms with E-state index < -0.39 is 0 Å². The number of benzene rings is 1. The summed E-state index contributed by atoms with van der Waals surface area (Å²) in [6, 6.07) is 7.33. The normalized spacial score (nSPS) is 9.64. The quantitative estimate of drug-likeness (QED) is 0.666. The van der Waals surface area contributed by atoms with E-state index in [9.17, 15) is 4.79 Å². The molecule has 0 fully saturated rings. The molecule has 0 aromatic heterocycles. The molecule has 0 aliphatic rings. The van der Waals surface area contributed by atoms with Crippen LogP contribution >= 0.6 is 24.8 Å². The van der Waals surface area contributed by atoms with Crippen LogP contribution in [0.5, 0.6) is 5.75 Å². The summed E-state index contributed by atoms with van der Waals surface area (Å²) in [5.74, 6) is 0.540. The smallest absolute Gasteiger partial charge is 0.255 e. The van der Waals surface area contributed by atoms with Crippen LogP contribution in [0.25, 0.3) is 0 Å². The molecule has 0 saturated carbocycles. The number of carbonyl (C=O) groups is 1. The third-order valence-corrected chi connectivity index (χ3v) is 2.77. The van der Waals surface area contributed by atoms with Gasteiger partial charge in [-0.05, 0) is 32.8 Å². The SMILES string of the molecule is CCNCCNC(=O)c1ccccc1OCCN(C)C.Cl.Cl. The van der Waals surface area contributed by atoms with Gasteiger partial charge in [0.2, 0.25) is 0 Å². The lowest BCUT2D eigenvalue weighted by Crippen LogP contribution is -2.32. The summed E-state index contributed by atoms with van der Waals surface area (Å²) in [6.07, 6.45) is 0. The van der Waals surface area contributed by atoms with Gasteiger partial charge in [0.05, 0.1) is 5.56 Å². The van der Waals surface area contributed by atoms with Crippen LogP contribution in [-0.2, 0) is 0 Å². The maximum absolute atomic E-state index is 12.1. The van der Waals surface area contributed by atoms with Gasteiger partial charge in [-0.3, -0.25) is 4.79 Å². The predicted molar refractivity (Wildman–Crippen MR) is 95.9 cm³/mol. The van der Waals surface area contributed by atoms with E-state index in [0.717, 1.165) is 19.6 Å². The summed E-state index contributed by atoms with van der Waals surface area (Å²) in [6.45, 7) is 5.70. The molecule has 7 heteroatoms. The Morgan fingerprint density at radius 1 is 1.18 bits per heavy atom. The second-order valence-corrected chi connectivity index (χ2v) is 4.76. The van der Waals surface area contributed by atoms with Crippen LogP contribution in [0.1, 0.15) is 17.3 Å². The summed E-state index contributed by atoms with van der Waals surface area (Å²) in [7, 11) is 3.98. The first kappa shape index (κ1) is 23.3. The maximum atomic E-state index is 12.1. The molecule has 0 spiro atoms. The predicted octanol–water partition coefficient (Wildman–Crippen LogP) is 1.81. The van der Waals surface area contributed by atoms with Gasteiger partial charge >= 0.3 is 0 Å². The molecular formula is C15H27Cl2N3O2. The fraction of sp³-hybridized carbons (Fsp3) is 0.533. The minimum Gasteiger partial charge on any atom is -0.491 e. The van der Waals surface area contributed by atoms with Crippen molar-refractivity contribution in [3.8, 4) is 5.75 Å². The van der Waals surface area contributed by atoms with Crippen LogP contribution in [0.4, 0.5) is 0 Å². The van der Waals surface area contributed by atoms with Gasteiger partial charge in [-0.2, -0.15) is 0 Å². The number of para-hydroxylation sites is 1. The molecule has 1 aromatic carbocycles. The highest BCUT2D eigenvalue weighted by atomic mass is 35.5. The van der Waals surface area contributed by atoms with E-state index in [2.05, 4.69) is 10.6 Å². The minimum absolute atomic E-state index is 0. The molecule has 1 rings (SSSR count). The summed E-state index contributed by atoms with van der Waals surface area (Å²) in [5.41, 5.74) is 0.586. The van der Waals surface area contributed by atoms with Gasteiger partial charge in [-0.25, -0.2) is 0 Å². The van der Waals surface area contributed by atoms with Crippen molar-refractivity contribution in [2.24, 2.45) is 0 Å². The van der Waals surface area contributed by atoms with Gasteiger partial charge in [0.15, 0.2) is 0 Å². The zero-order valence-electron chi connectivity index (χ0n) is 13.4. The second kappa shape index (κ2) is 13.6. The molecule has 1 amide bonds. The average molecular weight is 352 g/mol. The molecule has 128 valence electrons. The standard InChI is InChI=1S/C15H25N3O2.2ClH/c1-4-16-9-10-17-15(19)13-7-5-6-8-14(13)20-12-11-18(2)3;;/h5-8,16H,4,9-12H2,1-3H3,(H,17,19);2*1H. The number of ether oxygens (including phenoxy) is 1. The van der Waals surface area contributed by atoms with Gasteiger partial charge in [0, 0.05) is 19.6 Å². The van der Waals surface area contributed by atoms with Crippen LogP contribution in [0.3, 0.4) is 0 Å². The van der Waals surface area contributed by atoms with Crippen molar-refractivity contribution in [2.45, 2.75) is 6.92 Å². The molecule has 0 unspecified atom stereocenters. The Morgan fingerprint density at radius 3 is 2.50 bits per heavy atom. The van der Waals surface area contributed by atoms with Crippen molar-refractivity contribution < 1.29 is 9.53 Å². The zero-order valence-corrected chi connectivity index (χ0v) is 15.1. The number of carbonyl (C=O) groups excluding carboxylic acids is 1. The van der Waals surface area contributed by atoms with Crippen molar-refractivity contribution in [2.75, 3.05) is 46.9 Å². The van der Waals surface area contributed by atoms with Crippen LogP contribution in [0, 0.1) is 0 Å². The summed E-state index contributed by atoms with van der Waals surface area (Å²) in [5, 5.41) is 6.05. The zero-order chi connectivity index (χ0) is 14.8. The van der Waals surface area contributed by atoms with Crippen LogP contribution in [0.15, 0.2) is 24.3 Å². The first-order valence-electron chi connectivity index (χ1n) is 7.00. The molecule has 0 saturated heterocycles. The topological polar surface area (TPSA) is 53.6 Å². The molecule has 0 aliphatic carbocycles.